The summed E-state index contributed by atoms with van der Waals surface area (Å²) in [6.07, 6.45) is 0.301. The molecule has 1 aromatic carbocycles. The predicted octanol–water partition coefficient (Wildman–Crippen LogP) is 1.79. The van der Waals surface area contributed by atoms with Gasteiger partial charge < -0.3 is 21.1 Å². The van der Waals surface area contributed by atoms with Crippen LogP contribution in [0.25, 0.3) is 0 Å². The maximum Gasteiger partial charge on any atom is 0.240 e. The molecule has 0 radical (unpaired) electrons. The second kappa shape index (κ2) is 8.54. The van der Waals surface area contributed by atoms with Crippen molar-refractivity contribution < 1.29 is 14.7 Å². The minimum absolute atomic E-state index is 0.0876. The van der Waals surface area contributed by atoms with Crippen molar-refractivity contribution in [1.29, 1.82) is 0 Å². The van der Waals surface area contributed by atoms with Crippen molar-refractivity contribution in [3.63, 3.8) is 0 Å². The normalized spacial score (nSPS) is 14.2. The number of hydrogen-bond donors (Lipinski definition) is 3. The summed E-state index contributed by atoms with van der Waals surface area (Å²) >= 11 is 0. The number of nitrogens with zero attached hydrogens (tertiary/aromatic N) is 1. The number of nitrogens with one attached hydrogen (secondary N) is 1. The molecule has 0 aliphatic carbocycles. The van der Waals surface area contributed by atoms with Crippen LogP contribution in [0.1, 0.15) is 45.7 Å². The lowest BCUT2D eigenvalue weighted by molar-refractivity contribution is -0.140. The van der Waals surface area contributed by atoms with Crippen molar-refractivity contribution in [1.82, 2.24) is 10.2 Å². The number of carbonyl (C=O) groups excluding carboxylic acids is 2. The lowest BCUT2D eigenvalue weighted by Crippen LogP contribution is -2.54. The van der Waals surface area contributed by atoms with Crippen molar-refractivity contribution in [2.45, 2.75) is 58.5 Å². The van der Waals surface area contributed by atoms with Crippen molar-refractivity contribution >= 4 is 11.8 Å². The van der Waals surface area contributed by atoms with Crippen LogP contribution in [0.3, 0.4) is 0 Å². The fraction of sp³-hybridized carbons (Fsp3) is 0.600. The van der Waals surface area contributed by atoms with Crippen LogP contribution in [0.2, 0.25) is 0 Å². The molecule has 0 saturated carbocycles. The number of carbonyl (C=O) groups is 2. The van der Waals surface area contributed by atoms with E-state index in [0.717, 1.165) is 11.1 Å². The van der Waals surface area contributed by atoms with Crippen LogP contribution in [0.4, 0.5) is 0 Å². The highest BCUT2D eigenvalue weighted by Crippen LogP contribution is 2.31. The van der Waals surface area contributed by atoms with Crippen LogP contribution in [0, 0.1) is 5.92 Å². The third kappa shape index (κ3) is 5.21. The zero-order valence-corrected chi connectivity index (χ0v) is 17.0. The number of nitrogens with two attached hydrogens (primary N) is 1. The molecule has 0 saturated heterocycles. The molecule has 2 atom stereocenters. The lowest BCUT2D eigenvalue weighted by Gasteiger charge is -2.31. The summed E-state index contributed by atoms with van der Waals surface area (Å²) in [6, 6.07) is 4.12. The molecule has 0 bridgehead atoms. The molecular weight excluding hydrogens is 330 g/mol. The topological polar surface area (TPSA) is 95.7 Å². The second-order valence-electron chi connectivity index (χ2n) is 8.18. The van der Waals surface area contributed by atoms with Gasteiger partial charge in [0.25, 0.3) is 0 Å². The first kappa shape index (κ1) is 22.0. The number of primary amides is 1. The van der Waals surface area contributed by atoms with Gasteiger partial charge in [-0.2, -0.15) is 0 Å². The first-order valence-electron chi connectivity index (χ1n) is 8.95. The summed E-state index contributed by atoms with van der Waals surface area (Å²) in [5, 5.41) is 13.1. The van der Waals surface area contributed by atoms with Crippen molar-refractivity contribution in [3.05, 3.63) is 29.3 Å². The molecule has 0 aliphatic heterocycles. The summed E-state index contributed by atoms with van der Waals surface area (Å²) in [6.45, 7) is 9.91. The van der Waals surface area contributed by atoms with Gasteiger partial charge in [0.15, 0.2) is 0 Å². The van der Waals surface area contributed by atoms with Gasteiger partial charge in [0.1, 0.15) is 11.8 Å². The van der Waals surface area contributed by atoms with Crippen LogP contribution >= 0.6 is 0 Å². The number of phenolic OH excluding ortho intramolecular Hbond substituents is 1. The van der Waals surface area contributed by atoms with Gasteiger partial charge in [-0.1, -0.05) is 46.8 Å². The SMILES string of the molecule is CN[C@H](C(=O)N(C)C(Cc1ccc(O)c(C(C)(C)C)c1)C(N)=O)C(C)C. The molecule has 26 heavy (non-hydrogen) atoms. The predicted molar refractivity (Wildman–Crippen MR) is 104 cm³/mol. The molecule has 146 valence electrons. The Morgan fingerprint density at radius 3 is 2.27 bits per heavy atom. The largest absolute Gasteiger partial charge is 0.508 e. The Kier molecular flexibility index (Phi) is 7.21. The smallest absolute Gasteiger partial charge is 0.240 e. The highest BCUT2D eigenvalue weighted by Gasteiger charge is 2.31. The van der Waals surface area contributed by atoms with Gasteiger partial charge in [-0.05, 0) is 35.6 Å². The Balaban J connectivity index is 3.13. The van der Waals surface area contributed by atoms with E-state index in [9.17, 15) is 14.7 Å². The monoisotopic (exact) mass is 363 g/mol. The quantitative estimate of drug-likeness (QED) is 0.688. The minimum atomic E-state index is -0.755. The molecule has 1 rings (SSSR count). The Morgan fingerprint density at radius 2 is 1.85 bits per heavy atom. The summed E-state index contributed by atoms with van der Waals surface area (Å²) in [5.74, 6) is -0.410. The zero-order valence-electron chi connectivity index (χ0n) is 17.0. The molecule has 6 heteroatoms. The number of rotatable bonds is 7. The van der Waals surface area contributed by atoms with Crippen molar-refractivity contribution in [2.75, 3.05) is 14.1 Å². The summed E-state index contributed by atoms with van der Waals surface area (Å²) < 4.78 is 0. The van der Waals surface area contributed by atoms with E-state index in [0.29, 0.717) is 6.42 Å². The molecule has 6 nitrogen and oxygen atoms in total. The van der Waals surface area contributed by atoms with E-state index in [4.69, 9.17) is 5.73 Å². The van der Waals surface area contributed by atoms with E-state index in [1.807, 2.05) is 40.7 Å². The fourth-order valence-electron chi connectivity index (χ4n) is 3.08. The number of likely N-dealkylation sites (N-methyl/N-ethyl adjacent to an activating group) is 2. The fourth-order valence-corrected chi connectivity index (χ4v) is 3.08. The van der Waals surface area contributed by atoms with E-state index in [-0.39, 0.29) is 29.0 Å². The van der Waals surface area contributed by atoms with Crippen LogP contribution < -0.4 is 11.1 Å². The van der Waals surface area contributed by atoms with Crippen LogP contribution in [-0.4, -0.2) is 48.0 Å². The molecule has 4 N–H and O–H groups in total. The highest BCUT2D eigenvalue weighted by molar-refractivity contribution is 5.89. The summed E-state index contributed by atoms with van der Waals surface area (Å²) in [5.41, 5.74) is 7.00. The van der Waals surface area contributed by atoms with Gasteiger partial charge in [-0.25, -0.2) is 0 Å². The van der Waals surface area contributed by atoms with E-state index in [1.165, 1.54) is 4.90 Å². The third-order valence-electron chi connectivity index (χ3n) is 4.69. The number of benzene rings is 1. The van der Waals surface area contributed by atoms with Crippen LogP contribution in [0.5, 0.6) is 5.75 Å². The molecule has 0 heterocycles. The van der Waals surface area contributed by atoms with E-state index in [2.05, 4.69) is 5.32 Å². The number of aromatic hydroxyl groups is 1. The van der Waals surface area contributed by atoms with E-state index < -0.39 is 11.9 Å². The molecule has 0 fully saturated rings. The van der Waals surface area contributed by atoms with Gasteiger partial charge in [-0.15, -0.1) is 0 Å². The second-order valence-corrected chi connectivity index (χ2v) is 8.18. The number of amides is 2. The van der Waals surface area contributed by atoms with Crippen LogP contribution in [-0.2, 0) is 21.4 Å². The minimum Gasteiger partial charge on any atom is -0.508 e. The Labute approximate surface area is 156 Å². The van der Waals surface area contributed by atoms with Gasteiger partial charge in [0.05, 0.1) is 6.04 Å². The van der Waals surface area contributed by atoms with Gasteiger partial charge >= 0.3 is 0 Å². The average Bonchev–Trinajstić information content (AvgIpc) is 2.52. The zero-order chi connectivity index (χ0) is 20.2. The van der Waals surface area contributed by atoms with Gasteiger partial charge in [-0.3, -0.25) is 9.59 Å². The average molecular weight is 364 g/mol. The third-order valence-corrected chi connectivity index (χ3v) is 4.69. The Bertz CT molecular complexity index is 650. The van der Waals surface area contributed by atoms with E-state index >= 15 is 0 Å². The Hall–Kier alpha value is -2.08. The summed E-state index contributed by atoms with van der Waals surface area (Å²) in [7, 11) is 3.33. The lowest BCUT2D eigenvalue weighted by atomic mass is 9.84. The van der Waals surface area contributed by atoms with Crippen molar-refractivity contribution in [3.8, 4) is 5.75 Å². The van der Waals surface area contributed by atoms with E-state index in [1.54, 1.807) is 26.2 Å². The van der Waals surface area contributed by atoms with Crippen molar-refractivity contribution in [2.24, 2.45) is 11.7 Å². The number of phenols is 1. The molecule has 1 aromatic rings. The highest BCUT2D eigenvalue weighted by atomic mass is 16.3. The molecule has 1 unspecified atom stereocenters. The molecular formula is C20H33N3O3. The molecule has 0 aromatic heterocycles. The first-order valence-corrected chi connectivity index (χ1v) is 8.95. The molecule has 2 amide bonds. The van der Waals surface area contributed by atoms with Gasteiger partial charge in [0.2, 0.25) is 11.8 Å². The molecule has 0 spiro atoms. The Morgan fingerprint density at radius 1 is 1.27 bits per heavy atom. The maximum atomic E-state index is 12.7. The first-order chi connectivity index (χ1) is 11.9. The standard InChI is InChI=1S/C20H33N3O3/c1-12(2)17(22-6)19(26)23(7)15(18(21)25)11-13-8-9-16(24)14(10-13)20(3,4)5/h8-10,12,15,17,22,24H,11H2,1-7H3,(H2,21,25)/t15?,17-/m0/s1. The molecule has 0 aliphatic rings. The number of hydrogen-bond acceptors (Lipinski definition) is 4. The summed E-state index contributed by atoms with van der Waals surface area (Å²) in [4.78, 5) is 26.2. The maximum absolute atomic E-state index is 12.7. The van der Waals surface area contributed by atoms with Crippen LogP contribution in [0.15, 0.2) is 18.2 Å². The van der Waals surface area contributed by atoms with Gasteiger partial charge in [0, 0.05) is 13.5 Å².